The van der Waals surface area contributed by atoms with Crippen LogP contribution in [0.4, 0.5) is 10.5 Å². The summed E-state index contributed by atoms with van der Waals surface area (Å²) in [6.45, 7) is 6.18. The van der Waals surface area contributed by atoms with E-state index >= 15 is 0 Å². The Balaban J connectivity index is 1.77. The molecule has 2 heterocycles. The Morgan fingerprint density at radius 1 is 1.22 bits per heavy atom. The van der Waals surface area contributed by atoms with Crippen LogP contribution in [0, 0.1) is 0 Å². The molecule has 1 aliphatic heterocycles. The quantitative estimate of drug-likeness (QED) is 0.773. The maximum Gasteiger partial charge on any atom is 0.410 e. The summed E-state index contributed by atoms with van der Waals surface area (Å²) in [4.78, 5) is 26.6. The van der Waals surface area contributed by atoms with Gasteiger partial charge in [-0.15, -0.1) is 0 Å². The van der Waals surface area contributed by atoms with Crippen LogP contribution in [0.3, 0.4) is 0 Å². The lowest BCUT2D eigenvalue weighted by Gasteiger charge is -2.30. The third-order valence-electron chi connectivity index (χ3n) is 3.92. The van der Waals surface area contributed by atoms with Gasteiger partial charge in [0.05, 0.1) is 6.54 Å². The number of H-pyrrole nitrogens is 1. The summed E-state index contributed by atoms with van der Waals surface area (Å²) >= 11 is 11.9. The largest absolute Gasteiger partial charge is 0.444 e. The lowest BCUT2D eigenvalue weighted by atomic mass is 10.1. The van der Waals surface area contributed by atoms with Crippen LogP contribution in [0.15, 0.2) is 18.2 Å². The summed E-state index contributed by atoms with van der Waals surface area (Å²) in [5, 5.41) is 10.6. The van der Waals surface area contributed by atoms with Crippen molar-refractivity contribution in [2.24, 2.45) is 0 Å². The van der Waals surface area contributed by atoms with Gasteiger partial charge in [0, 0.05) is 40.0 Å². The molecular weight excluding hydrogens is 391 g/mol. The predicted octanol–water partition coefficient (Wildman–Crippen LogP) is 4.26. The maximum absolute atomic E-state index is 12.7. The van der Waals surface area contributed by atoms with E-state index in [1.807, 2.05) is 20.8 Å². The topological polar surface area (TPSA) is 87.3 Å². The SMILES string of the molecule is CC(C)(C)OC(=O)N1CCc2[nH]nc(C(=O)Nc3cc(Cl)cc(Cl)c3)c2C1. The molecular formula is C18H20Cl2N4O3. The van der Waals surface area contributed by atoms with Gasteiger partial charge in [0.2, 0.25) is 0 Å². The van der Waals surface area contributed by atoms with E-state index in [0.717, 1.165) is 5.69 Å². The minimum absolute atomic E-state index is 0.231. The number of amides is 2. The number of hydrogen-bond donors (Lipinski definition) is 2. The van der Waals surface area contributed by atoms with E-state index in [9.17, 15) is 9.59 Å². The lowest BCUT2D eigenvalue weighted by molar-refractivity contribution is 0.0222. The average molecular weight is 411 g/mol. The monoisotopic (exact) mass is 410 g/mol. The van der Waals surface area contributed by atoms with E-state index in [1.54, 1.807) is 23.1 Å². The number of benzene rings is 1. The molecule has 0 radical (unpaired) electrons. The zero-order chi connectivity index (χ0) is 19.8. The molecule has 0 atom stereocenters. The molecule has 2 N–H and O–H groups in total. The molecule has 27 heavy (non-hydrogen) atoms. The molecule has 0 saturated heterocycles. The van der Waals surface area contributed by atoms with Crippen LogP contribution >= 0.6 is 23.2 Å². The molecule has 0 spiro atoms. The van der Waals surface area contributed by atoms with Crippen molar-refractivity contribution in [1.82, 2.24) is 15.1 Å². The molecule has 1 aromatic heterocycles. The number of fused-ring (bicyclic) bond motifs is 1. The average Bonchev–Trinajstić information content (AvgIpc) is 2.95. The van der Waals surface area contributed by atoms with E-state index in [2.05, 4.69) is 15.5 Å². The van der Waals surface area contributed by atoms with Crippen molar-refractivity contribution < 1.29 is 14.3 Å². The van der Waals surface area contributed by atoms with Gasteiger partial charge < -0.3 is 15.0 Å². The van der Waals surface area contributed by atoms with Gasteiger partial charge in [-0.2, -0.15) is 5.10 Å². The molecule has 9 heteroatoms. The first-order chi connectivity index (χ1) is 12.6. The molecule has 3 rings (SSSR count). The summed E-state index contributed by atoms with van der Waals surface area (Å²) in [7, 11) is 0. The summed E-state index contributed by atoms with van der Waals surface area (Å²) in [5.74, 6) is -0.406. The molecule has 1 aliphatic rings. The van der Waals surface area contributed by atoms with Crippen molar-refractivity contribution in [1.29, 1.82) is 0 Å². The second kappa shape index (κ2) is 7.40. The Hall–Kier alpha value is -2.25. The van der Waals surface area contributed by atoms with Gasteiger partial charge in [0.15, 0.2) is 5.69 Å². The third-order valence-corrected chi connectivity index (χ3v) is 4.36. The van der Waals surface area contributed by atoms with Gasteiger partial charge in [0.1, 0.15) is 5.60 Å². The fourth-order valence-corrected chi connectivity index (χ4v) is 3.31. The number of anilines is 1. The van der Waals surface area contributed by atoms with Gasteiger partial charge in [-0.05, 0) is 39.0 Å². The number of halogens is 2. The zero-order valence-corrected chi connectivity index (χ0v) is 16.7. The number of hydrogen-bond acceptors (Lipinski definition) is 4. The molecule has 0 unspecified atom stereocenters. The van der Waals surface area contributed by atoms with Crippen molar-refractivity contribution >= 4 is 40.9 Å². The minimum Gasteiger partial charge on any atom is -0.444 e. The molecule has 0 aliphatic carbocycles. The number of rotatable bonds is 2. The molecule has 1 aromatic carbocycles. The fourth-order valence-electron chi connectivity index (χ4n) is 2.78. The van der Waals surface area contributed by atoms with Gasteiger partial charge in [-0.25, -0.2) is 4.79 Å². The Bertz CT molecular complexity index is 869. The lowest BCUT2D eigenvalue weighted by Crippen LogP contribution is -2.40. The number of carbonyl (C=O) groups is 2. The molecule has 7 nitrogen and oxygen atoms in total. The van der Waals surface area contributed by atoms with Gasteiger partial charge >= 0.3 is 6.09 Å². The van der Waals surface area contributed by atoms with Gasteiger partial charge in [-0.1, -0.05) is 23.2 Å². The zero-order valence-electron chi connectivity index (χ0n) is 15.2. The van der Waals surface area contributed by atoms with Crippen molar-refractivity contribution in [3.8, 4) is 0 Å². The minimum atomic E-state index is -0.584. The van der Waals surface area contributed by atoms with E-state index in [0.29, 0.717) is 34.3 Å². The number of aromatic nitrogens is 2. The van der Waals surface area contributed by atoms with Crippen molar-refractivity contribution in [3.63, 3.8) is 0 Å². The van der Waals surface area contributed by atoms with Gasteiger partial charge in [-0.3, -0.25) is 9.89 Å². The first kappa shape index (κ1) is 19.5. The summed E-state index contributed by atoms with van der Waals surface area (Å²) in [6.07, 6.45) is 0.153. The maximum atomic E-state index is 12.7. The van der Waals surface area contributed by atoms with Crippen molar-refractivity contribution in [3.05, 3.63) is 45.2 Å². The first-order valence-electron chi connectivity index (χ1n) is 8.44. The number of nitrogens with zero attached hydrogens (tertiary/aromatic N) is 2. The van der Waals surface area contributed by atoms with Crippen molar-refractivity contribution in [2.75, 3.05) is 11.9 Å². The number of aromatic amines is 1. The normalized spacial score (nSPS) is 13.9. The first-order valence-corrected chi connectivity index (χ1v) is 9.19. The Morgan fingerprint density at radius 3 is 2.52 bits per heavy atom. The second-order valence-electron chi connectivity index (χ2n) is 7.29. The van der Waals surface area contributed by atoms with Crippen LogP contribution < -0.4 is 5.32 Å². The summed E-state index contributed by atoms with van der Waals surface area (Å²) in [6, 6.07) is 4.77. The number of nitrogens with one attached hydrogen (secondary N) is 2. The fraction of sp³-hybridized carbons (Fsp3) is 0.389. The van der Waals surface area contributed by atoms with Crippen molar-refractivity contribution in [2.45, 2.75) is 39.3 Å². The predicted molar refractivity (Wildman–Crippen MR) is 103 cm³/mol. The molecule has 0 bridgehead atoms. The Morgan fingerprint density at radius 2 is 1.89 bits per heavy atom. The second-order valence-corrected chi connectivity index (χ2v) is 8.17. The molecule has 0 saturated carbocycles. The highest BCUT2D eigenvalue weighted by Gasteiger charge is 2.30. The van der Waals surface area contributed by atoms with E-state index in [-0.39, 0.29) is 12.2 Å². The Kier molecular flexibility index (Phi) is 5.35. The van der Waals surface area contributed by atoms with Crippen LogP contribution in [0.2, 0.25) is 10.0 Å². The smallest absolute Gasteiger partial charge is 0.410 e. The Labute approximate surface area is 167 Å². The van der Waals surface area contributed by atoms with Crippen LogP contribution in [0.5, 0.6) is 0 Å². The van der Waals surface area contributed by atoms with E-state index in [4.69, 9.17) is 27.9 Å². The van der Waals surface area contributed by atoms with Crippen LogP contribution in [-0.2, 0) is 17.7 Å². The highest BCUT2D eigenvalue weighted by molar-refractivity contribution is 6.35. The standard InChI is InChI=1S/C18H20Cl2N4O3/c1-18(2,3)27-17(26)24-5-4-14-13(9-24)15(23-22-14)16(25)21-12-7-10(19)6-11(20)8-12/h6-8H,4-5,9H2,1-3H3,(H,21,25)(H,22,23). The molecule has 0 fully saturated rings. The summed E-state index contributed by atoms with van der Waals surface area (Å²) < 4.78 is 5.42. The van der Waals surface area contributed by atoms with Gasteiger partial charge in [0.25, 0.3) is 5.91 Å². The molecule has 2 aromatic rings. The van der Waals surface area contributed by atoms with Crippen LogP contribution in [0.25, 0.3) is 0 Å². The highest BCUT2D eigenvalue weighted by atomic mass is 35.5. The highest BCUT2D eigenvalue weighted by Crippen LogP contribution is 2.25. The van der Waals surface area contributed by atoms with E-state index < -0.39 is 17.6 Å². The molecule has 2 amide bonds. The molecule has 144 valence electrons. The summed E-state index contributed by atoms with van der Waals surface area (Å²) in [5.41, 5.74) is 1.63. The third kappa shape index (κ3) is 4.73. The van der Waals surface area contributed by atoms with Crippen LogP contribution in [-0.4, -0.2) is 39.2 Å². The number of carbonyl (C=O) groups excluding carboxylic acids is 2. The van der Waals surface area contributed by atoms with Crippen LogP contribution in [0.1, 0.15) is 42.5 Å². The number of ether oxygens (including phenoxy) is 1. The van der Waals surface area contributed by atoms with E-state index in [1.165, 1.54) is 0 Å².